The number of aromatic nitrogens is 2. The SMILES string of the molecule is Cc1[nH]nc(-c2ccco2)c1CCN. The molecule has 0 spiro atoms. The van der Waals surface area contributed by atoms with Crippen molar-refractivity contribution in [1.82, 2.24) is 10.2 Å². The number of nitrogens with zero attached hydrogens (tertiary/aromatic N) is 1. The number of aromatic amines is 1. The highest BCUT2D eigenvalue weighted by Gasteiger charge is 2.12. The predicted molar refractivity (Wildman–Crippen MR) is 53.8 cm³/mol. The Morgan fingerprint density at radius 1 is 1.57 bits per heavy atom. The van der Waals surface area contributed by atoms with E-state index in [4.69, 9.17) is 10.2 Å². The standard InChI is InChI=1S/C10H13N3O/c1-7-8(4-5-11)10(13-12-7)9-3-2-6-14-9/h2-3,6H,4-5,11H2,1H3,(H,12,13). The Balaban J connectivity index is 2.43. The first-order valence-electron chi connectivity index (χ1n) is 4.60. The van der Waals surface area contributed by atoms with Crippen molar-refractivity contribution in [2.75, 3.05) is 6.54 Å². The van der Waals surface area contributed by atoms with Crippen LogP contribution in [0.2, 0.25) is 0 Å². The van der Waals surface area contributed by atoms with Crippen molar-refractivity contribution in [2.24, 2.45) is 5.73 Å². The van der Waals surface area contributed by atoms with Crippen molar-refractivity contribution in [3.8, 4) is 11.5 Å². The zero-order valence-electron chi connectivity index (χ0n) is 8.08. The third-order valence-electron chi connectivity index (χ3n) is 2.22. The van der Waals surface area contributed by atoms with Gasteiger partial charge in [-0.05, 0) is 32.0 Å². The summed E-state index contributed by atoms with van der Waals surface area (Å²) in [6, 6.07) is 3.75. The molecule has 0 aliphatic rings. The number of nitrogens with two attached hydrogens (primary N) is 1. The molecule has 0 radical (unpaired) electrons. The molecule has 3 N–H and O–H groups in total. The molecular weight excluding hydrogens is 178 g/mol. The maximum absolute atomic E-state index is 5.54. The molecule has 4 nitrogen and oxygen atoms in total. The van der Waals surface area contributed by atoms with Gasteiger partial charge in [-0.2, -0.15) is 5.10 Å². The smallest absolute Gasteiger partial charge is 0.154 e. The summed E-state index contributed by atoms with van der Waals surface area (Å²) in [7, 11) is 0. The molecule has 2 rings (SSSR count). The van der Waals surface area contributed by atoms with E-state index in [9.17, 15) is 0 Å². The van der Waals surface area contributed by atoms with E-state index in [1.165, 1.54) is 0 Å². The van der Waals surface area contributed by atoms with Crippen LogP contribution in [-0.4, -0.2) is 16.7 Å². The molecule has 2 aromatic heterocycles. The molecule has 0 unspecified atom stereocenters. The van der Waals surface area contributed by atoms with E-state index in [1.807, 2.05) is 19.1 Å². The van der Waals surface area contributed by atoms with E-state index >= 15 is 0 Å². The molecule has 2 aromatic rings. The first-order valence-corrected chi connectivity index (χ1v) is 4.60. The maximum Gasteiger partial charge on any atom is 0.154 e. The Hall–Kier alpha value is -1.55. The number of furan rings is 1. The summed E-state index contributed by atoms with van der Waals surface area (Å²) in [5.74, 6) is 0.790. The van der Waals surface area contributed by atoms with Crippen molar-refractivity contribution >= 4 is 0 Å². The minimum absolute atomic E-state index is 0.619. The van der Waals surface area contributed by atoms with Gasteiger partial charge in [0.25, 0.3) is 0 Å². The number of nitrogens with one attached hydrogen (secondary N) is 1. The average Bonchev–Trinajstić information content (AvgIpc) is 2.77. The fraction of sp³-hybridized carbons (Fsp3) is 0.300. The fourth-order valence-corrected chi connectivity index (χ4v) is 1.52. The molecule has 0 aromatic carbocycles. The molecule has 2 heterocycles. The van der Waals surface area contributed by atoms with E-state index in [2.05, 4.69) is 10.2 Å². The van der Waals surface area contributed by atoms with Crippen LogP contribution in [-0.2, 0) is 6.42 Å². The van der Waals surface area contributed by atoms with E-state index < -0.39 is 0 Å². The van der Waals surface area contributed by atoms with E-state index in [0.717, 1.165) is 29.1 Å². The average molecular weight is 191 g/mol. The highest BCUT2D eigenvalue weighted by atomic mass is 16.3. The van der Waals surface area contributed by atoms with Gasteiger partial charge < -0.3 is 10.2 Å². The van der Waals surface area contributed by atoms with Crippen LogP contribution in [0.25, 0.3) is 11.5 Å². The summed E-state index contributed by atoms with van der Waals surface area (Å²) >= 11 is 0. The van der Waals surface area contributed by atoms with Gasteiger partial charge in [0.05, 0.1) is 6.26 Å². The van der Waals surface area contributed by atoms with Crippen LogP contribution in [0.5, 0.6) is 0 Å². The zero-order chi connectivity index (χ0) is 9.97. The Kier molecular flexibility index (Phi) is 2.37. The quantitative estimate of drug-likeness (QED) is 0.772. The molecule has 14 heavy (non-hydrogen) atoms. The summed E-state index contributed by atoms with van der Waals surface area (Å²) in [5.41, 5.74) is 8.61. The highest BCUT2D eigenvalue weighted by Crippen LogP contribution is 2.23. The van der Waals surface area contributed by atoms with E-state index in [-0.39, 0.29) is 0 Å². The van der Waals surface area contributed by atoms with Gasteiger partial charge in [-0.15, -0.1) is 0 Å². The Morgan fingerprint density at radius 2 is 2.43 bits per heavy atom. The molecule has 0 saturated carbocycles. The van der Waals surface area contributed by atoms with E-state index in [1.54, 1.807) is 6.26 Å². The molecule has 0 aliphatic heterocycles. The van der Waals surface area contributed by atoms with Gasteiger partial charge in [-0.25, -0.2) is 0 Å². The Morgan fingerprint density at radius 3 is 3.07 bits per heavy atom. The Labute approximate surface area is 82.1 Å². The monoisotopic (exact) mass is 191 g/mol. The van der Waals surface area contributed by atoms with Gasteiger partial charge in [0, 0.05) is 11.3 Å². The molecule has 0 fully saturated rings. The van der Waals surface area contributed by atoms with Crippen LogP contribution in [0, 0.1) is 6.92 Å². The van der Waals surface area contributed by atoms with Gasteiger partial charge >= 0.3 is 0 Å². The normalized spacial score (nSPS) is 10.7. The summed E-state index contributed by atoms with van der Waals surface area (Å²) in [4.78, 5) is 0. The molecular formula is C10H13N3O. The largest absolute Gasteiger partial charge is 0.463 e. The second-order valence-corrected chi connectivity index (χ2v) is 3.19. The molecule has 0 saturated heterocycles. The first kappa shape index (κ1) is 9.02. The fourth-order valence-electron chi connectivity index (χ4n) is 1.52. The molecule has 0 amide bonds. The van der Waals surface area contributed by atoms with E-state index in [0.29, 0.717) is 6.54 Å². The maximum atomic E-state index is 5.54. The first-order chi connectivity index (χ1) is 6.83. The van der Waals surface area contributed by atoms with Crippen molar-refractivity contribution in [2.45, 2.75) is 13.3 Å². The highest BCUT2D eigenvalue weighted by molar-refractivity contribution is 5.58. The van der Waals surface area contributed by atoms with Crippen LogP contribution >= 0.6 is 0 Å². The number of aryl methyl sites for hydroxylation is 1. The lowest BCUT2D eigenvalue weighted by atomic mass is 10.1. The predicted octanol–water partition coefficient (Wildman–Crippen LogP) is 1.48. The third-order valence-corrected chi connectivity index (χ3v) is 2.22. The van der Waals surface area contributed by atoms with Crippen LogP contribution in [0.1, 0.15) is 11.3 Å². The van der Waals surface area contributed by atoms with Gasteiger partial charge in [0.2, 0.25) is 0 Å². The summed E-state index contributed by atoms with van der Waals surface area (Å²) in [5, 5.41) is 7.15. The van der Waals surface area contributed by atoms with Crippen molar-refractivity contribution in [3.63, 3.8) is 0 Å². The van der Waals surface area contributed by atoms with Crippen LogP contribution in [0.3, 0.4) is 0 Å². The lowest BCUT2D eigenvalue weighted by molar-refractivity contribution is 0.579. The lowest BCUT2D eigenvalue weighted by Crippen LogP contribution is -2.03. The topological polar surface area (TPSA) is 67.8 Å². The summed E-state index contributed by atoms with van der Waals surface area (Å²) in [6.07, 6.45) is 2.46. The second-order valence-electron chi connectivity index (χ2n) is 3.19. The lowest BCUT2D eigenvalue weighted by Gasteiger charge is -1.98. The molecule has 4 heteroatoms. The molecule has 0 aliphatic carbocycles. The van der Waals surface area contributed by atoms with Crippen molar-refractivity contribution < 1.29 is 4.42 Å². The minimum atomic E-state index is 0.619. The second kappa shape index (κ2) is 3.67. The van der Waals surface area contributed by atoms with Crippen molar-refractivity contribution in [3.05, 3.63) is 29.7 Å². The number of hydrogen-bond acceptors (Lipinski definition) is 3. The minimum Gasteiger partial charge on any atom is -0.463 e. The molecule has 74 valence electrons. The van der Waals surface area contributed by atoms with Gasteiger partial charge in [0.1, 0.15) is 5.69 Å². The van der Waals surface area contributed by atoms with Crippen LogP contribution in [0.4, 0.5) is 0 Å². The number of rotatable bonds is 3. The molecule has 0 bridgehead atoms. The van der Waals surface area contributed by atoms with Gasteiger partial charge in [-0.3, -0.25) is 5.10 Å². The zero-order valence-corrected chi connectivity index (χ0v) is 8.08. The third kappa shape index (κ3) is 1.44. The number of H-pyrrole nitrogens is 1. The summed E-state index contributed by atoms with van der Waals surface area (Å²) in [6.45, 7) is 2.61. The Bertz CT molecular complexity index is 403. The van der Waals surface area contributed by atoms with Crippen LogP contribution in [0.15, 0.2) is 22.8 Å². The van der Waals surface area contributed by atoms with Crippen LogP contribution < -0.4 is 5.73 Å². The van der Waals surface area contributed by atoms with Gasteiger partial charge in [0.15, 0.2) is 5.76 Å². The molecule has 0 atom stereocenters. The summed E-state index contributed by atoms with van der Waals surface area (Å²) < 4.78 is 5.30. The van der Waals surface area contributed by atoms with Gasteiger partial charge in [-0.1, -0.05) is 0 Å². The van der Waals surface area contributed by atoms with Crippen molar-refractivity contribution in [1.29, 1.82) is 0 Å². The number of hydrogen-bond donors (Lipinski definition) is 2.